The summed E-state index contributed by atoms with van der Waals surface area (Å²) in [6.07, 6.45) is 1.74. The minimum absolute atomic E-state index is 0.106. The zero-order valence-corrected chi connectivity index (χ0v) is 14.6. The molecule has 1 aliphatic heterocycles. The Hall–Kier alpha value is -1.49. The van der Waals surface area contributed by atoms with Crippen LogP contribution in [0, 0.1) is 11.7 Å². The molecule has 1 aromatic carbocycles. The molecule has 2 rings (SSSR count). The highest BCUT2D eigenvalue weighted by Crippen LogP contribution is 2.22. The highest BCUT2D eigenvalue weighted by atomic mass is 35.5. The molecule has 0 aliphatic carbocycles. The zero-order valence-electron chi connectivity index (χ0n) is 13.9. The van der Waals surface area contributed by atoms with Gasteiger partial charge in [-0.1, -0.05) is 11.6 Å². The second kappa shape index (κ2) is 7.39. The fourth-order valence-electron chi connectivity index (χ4n) is 2.59. The Balaban J connectivity index is 1.86. The van der Waals surface area contributed by atoms with Crippen molar-refractivity contribution < 1.29 is 13.9 Å². The number of nitrogens with zero attached hydrogens (tertiary/aromatic N) is 1. The van der Waals surface area contributed by atoms with Crippen LogP contribution in [0.15, 0.2) is 18.2 Å². The Morgan fingerprint density at radius 3 is 2.87 bits per heavy atom. The summed E-state index contributed by atoms with van der Waals surface area (Å²) in [5.41, 5.74) is 0.304. The second-order valence-electron chi connectivity index (χ2n) is 6.94. The van der Waals surface area contributed by atoms with E-state index in [9.17, 15) is 9.18 Å². The van der Waals surface area contributed by atoms with Gasteiger partial charge in [-0.2, -0.15) is 0 Å². The molecule has 1 fully saturated rings. The first-order valence-electron chi connectivity index (χ1n) is 7.91. The van der Waals surface area contributed by atoms with Crippen LogP contribution in [0.3, 0.4) is 0 Å². The normalized spacial score (nSPS) is 18.7. The van der Waals surface area contributed by atoms with Crippen LogP contribution >= 0.6 is 11.6 Å². The van der Waals surface area contributed by atoms with E-state index >= 15 is 0 Å². The zero-order chi connectivity index (χ0) is 17.0. The number of nitrogens with one attached hydrogen (secondary N) is 1. The summed E-state index contributed by atoms with van der Waals surface area (Å²) >= 11 is 5.78. The molecule has 1 aliphatic rings. The molecular weight excluding hydrogens is 319 g/mol. The van der Waals surface area contributed by atoms with Crippen LogP contribution < -0.4 is 5.32 Å². The monoisotopic (exact) mass is 342 g/mol. The maximum absolute atomic E-state index is 13.2. The van der Waals surface area contributed by atoms with Crippen molar-refractivity contribution in [2.24, 2.45) is 5.92 Å². The Kier molecular flexibility index (Phi) is 5.74. The fourth-order valence-corrected chi connectivity index (χ4v) is 2.77. The SMILES string of the molecule is CC(C)(C)OC(=O)N1CCCC(CNc2ccc(F)c(Cl)c2)C1. The van der Waals surface area contributed by atoms with Crippen LogP contribution in [0.2, 0.25) is 5.02 Å². The van der Waals surface area contributed by atoms with E-state index in [0.29, 0.717) is 19.0 Å². The number of ether oxygens (including phenoxy) is 1. The summed E-state index contributed by atoms with van der Waals surface area (Å²) in [5, 5.41) is 3.37. The van der Waals surface area contributed by atoms with Gasteiger partial charge in [0.1, 0.15) is 11.4 Å². The summed E-state index contributed by atoms with van der Waals surface area (Å²) in [4.78, 5) is 13.9. The summed E-state index contributed by atoms with van der Waals surface area (Å²) in [7, 11) is 0. The Morgan fingerprint density at radius 1 is 1.48 bits per heavy atom. The topological polar surface area (TPSA) is 41.6 Å². The highest BCUT2D eigenvalue weighted by molar-refractivity contribution is 6.31. The molecule has 23 heavy (non-hydrogen) atoms. The third-order valence-corrected chi connectivity index (χ3v) is 3.97. The largest absolute Gasteiger partial charge is 0.444 e. The van der Waals surface area contributed by atoms with E-state index in [1.165, 1.54) is 6.07 Å². The van der Waals surface area contributed by atoms with Gasteiger partial charge in [0.2, 0.25) is 0 Å². The van der Waals surface area contributed by atoms with E-state index in [1.807, 2.05) is 20.8 Å². The summed E-state index contributed by atoms with van der Waals surface area (Å²) in [6, 6.07) is 4.58. The number of amides is 1. The summed E-state index contributed by atoms with van der Waals surface area (Å²) < 4.78 is 18.6. The summed E-state index contributed by atoms with van der Waals surface area (Å²) in [6.45, 7) is 7.70. The average molecular weight is 343 g/mol. The van der Waals surface area contributed by atoms with E-state index in [1.54, 1.807) is 17.0 Å². The summed E-state index contributed by atoms with van der Waals surface area (Å²) in [5.74, 6) is -0.0916. The van der Waals surface area contributed by atoms with E-state index in [-0.39, 0.29) is 11.1 Å². The number of anilines is 1. The fraction of sp³-hybridized carbons (Fsp3) is 0.588. The number of halogens is 2. The number of carbonyl (C=O) groups excluding carboxylic acids is 1. The molecule has 4 nitrogen and oxygen atoms in total. The molecule has 1 aromatic rings. The van der Waals surface area contributed by atoms with Crippen molar-refractivity contribution in [1.29, 1.82) is 0 Å². The quantitative estimate of drug-likeness (QED) is 0.876. The number of rotatable bonds is 3. The van der Waals surface area contributed by atoms with Crippen molar-refractivity contribution in [1.82, 2.24) is 4.90 Å². The third kappa shape index (κ3) is 5.57. The highest BCUT2D eigenvalue weighted by Gasteiger charge is 2.27. The van der Waals surface area contributed by atoms with E-state index < -0.39 is 11.4 Å². The minimum atomic E-state index is -0.479. The molecule has 128 valence electrons. The first-order chi connectivity index (χ1) is 10.7. The maximum Gasteiger partial charge on any atom is 0.410 e. The predicted molar refractivity (Wildman–Crippen MR) is 90.4 cm³/mol. The average Bonchev–Trinajstić information content (AvgIpc) is 2.47. The van der Waals surface area contributed by atoms with Crippen molar-refractivity contribution in [3.63, 3.8) is 0 Å². The first-order valence-corrected chi connectivity index (χ1v) is 8.29. The molecular formula is C17H24ClFN2O2. The number of hydrogen-bond acceptors (Lipinski definition) is 3. The molecule has 1 N–H and O–H groups in total. The van der Waals surface area contributed by atoms with Gasteiger partial charge in [-0.25, -0.2) is 9.18 Å². The van der Waals surface area contributed by atoms with Crippen LogP contribution in [0.5, 0.6) is 0 Å². The van der Waals surface area contributed by atoms with Crippen LogP contribution in [0.25, 0.3) is 0 Å². The van der Waals surface area contributed by atoms with E-state index in [4.69, 9.17) is 16.3 Å². The predicted octanol–water partition coefficient (Wildman–Crippen LogP) is 4.54. The number of hydrogen-bond donors (Lipinski definition) is 1. The van der Waals surface area contributed by atoms with Gasteiger partial charge in [0.15, 0.2) is 0 Å². The third-order valence-electron chi connectivity index (χ3n) is 3.69. The molecule has 0 saturated carbocycles. The Morgan fingerprint density at radius 2 is 2.22 bits per heavy atom. The number of likely N-dealkylation sites (tertiary alicyclic amines) is 1. The van der Waals surface area contributed by atoms with Gasteiger partial charge in [-0.3, -0.25) is 0 Å². The molecule has 1 atom stereocenters. The van der Waals surface area contributed by atoms with Crippen molar-refractivity contribution in [2.45, 2.75) is 39.2 Å². The van der Waals surface area contributed by atoms with Gasteiger partial charge in [0, 0.05) is 25.3 Å². The van der Waals surface area contributed by atoms with Crippen LogP contribution in [-0.2, 0) is 4.74 Å². The van der Waals surface area contributed by atoms with Crippen molar-refractivity contribution >= 4 is 23.4 Å². The number of benzene rings is 1. The minimum Gasteiger partial charge on any atom is -0.444 e. The second-order valence-corrected chi connectivity index (χ2v) is 7.35. The molecule has 1 unspecified atom stereocenters. The molecule has 1 saturated heterocycles. The van der Waals surface area contributed by atoms with Gasteiger partial charge in [0.05, 0.1) is 5.02 Å². The molecule has 0 bridgehead atoms. The van der Waals surface area contributed by atoms with Gasteiger partial charge >= 0.3 is 6.09 Å². The number of carbonyl (C=O) groups is 1. The van der Waals surface area contributed by atoms with E-state index in [2.05, 4.69) is 5.32 Å². The molecule has 1 amide bonds. The van der Waals surface area contributed by atoms with Gasteiger partial charge in [-0.15, -0.1) is 0 Å². The smallest absolute Gasteiger partial charge is 0.410 e. The van der Waals surface area contributed by atoms with E-state index in [0.717, 1.165) is 25.1 Å². The van der Waals surface area contributed by atoms with Crippen LogP contribution in [-0.4, -0.2) is 36.2 Å². The molecule has 0 aromatic heterocycles. The number of piperidine rings is 1. The van der Waals surface area contributed by atoms with Gasteiger partial charge < -0.3 is 15.0 Å². The standard InChI is InChI=1S/C17H24ClFN2O2/c1-17(2,3)23-16(22)21-8-4-5-12(11-21)10-20-13-6-7-15(19)14(18)9-13/h6-7,9,12,20H,4-5,8,10-11H2,1-3H3. The van der Waals surface area contributed by atoms with Crippen molar-refractivity contribution in [3.8, 4) is 0 Å². The Labute approximate surface area is 141 Å². The lowest BCUT2D eigenvalue weighted by Gasteiger charge is -2.34. The molecule has 0 spiro atoms. The lowest BCUT2D eigenvalue weighted by atomic mass is 9.98. The molecule has 6 heteroatoms. The van der Waals surface area contributed by atoms with Crippen LogP contribution in [0.4, 0.5) is 14.9 Å². The molecule has 0 radical (unpaired) electrons. The maximum atomic E-state index is 13.2. The Bertz CT molecular complexity index is 560. The van der Waals surface area contributed by atoms with Gasteiger partial charge in [0.25, 0.3) is 0 Å². The van der Waals surface area contributed by atoms with Crippen molar-refractivity contribution in [3.05, 3.63) is 29.0 Å². The lowest BCUT2D eigenvalue weighted by molar-refractivity contribution is 0.0172. The first kappa shape index (κ1) is 17.9. The van der Waals surface area contributed by atoms with Crippen molar-refractivity contribution in [2.75, 3.05) is 25.0 Å². The lowest BCUT2D eigenvalue weighted by Crippen LogP contribution is -2.44. The van der Waals surface area contributed by atoms with Crippen LogP contribution in [0.1, 0.15) is 33.6 Å². The molecule has 1 heterocycles. The van der Waals surface area contributed by atoms with Gasteiger partial charge in [-0.05, 0) is 57.7 Å².